The molecule has 0 saturated carbocycles. The molecule has 0 aromatic rings. The third kappa shape index (κ3) is 1.38. The molecular formula is C10H20N2. The summed E-state index contributed by atoms with van der Waals surface area (Å²) in [6, 6.07) is 0.711. The first kappa shape index (κ1) is 8.52. The molecule has 2 aliphatic rings. The Balaban J connectivity index is 2.03. The van der Waals surface area contributed by atoms with Crippen molar-refractivity contribution in [3.05, 3.63) is 0 Å². The number of nitrogens with one attached hydrogen (secondary N) is 1. The van der Waals surface area contributed by atoms with E-state index in [9.17, 15) is 0 Å². The summed E-state index contributed by atoms with van der Waals surface area (Å²) in [4.78, 5) is 2.63. The molecular weight excluding hydrogens is 148 g/mol. The van der Waals surface area contributed by atoms with Crippen molar-refractivity contribution in [2.75, 3.05) is 13.1 Å². The molecule has 2 rings (SSSR count). The fourth-order valence-electron chi connectivity index (χ4n) is 2.69. The molecule has 0 aliphatic carbocycles. The number of hydrogen-bond acceptors (Lipinski definition) is 2. The molecule has 0 spiro atoms. The molecule has 0 aromatic heterocycles. The van der Waals surface area contributed by atoms with Crippen LogP contribution in [0.3, 0.4) is 0 Å². The summed E-state index contributed by atoms with van der Waals surface area (Å²) < 4.78 is 0. The molecule has 2 saturated heterocycles. The molecule has 2 nitrogen and oxygen atoms in total. The van der Waals surface area contributed by atoms with Gasteiger partial charge in [0, 0.05) is 6.04 Å². The van der Waals surface area contributed by atoms with E-state index in [2.05, 4.69) is 24.1 Å². The topological polar surface area (TPSA) is 15.3 Å². The van der Waals surface area contributed by atoms with Crippen LogP contribution in [0.1, 0.15) is 33.1 Å². The van der Waals surface area contributed by atoms with Gasteiger partial charge in [-0.05, 0) is 52.1 Å². The van der Waals surface area contributed by atoms with Crippen LogP contribution in [0.15, 0.2) is 0 Å². The Labute approximate surface area is 75.3 Å². The Kier molecular flexibility index (Phi) is 2.37. The van der Waals surface area contributed by atoms with Gasteiger partial charge in [-0.1, -0.05) is 0 Å². The van der Waals surface area contributed by atoms with Crippen molar-refractivity contribution in [3.63, 3.8) is 0 Å². The van der Waals surface area contributed by atoms with Crippen molar-refractivity contribution in [2.45, 2.75) is 45.3 Å². The van der Waals surface area contributed by atoms with Gasteiger partial charge in [-0.15, -0.1) is 0 Å². The van der Waals surface area contributed by atoms with Crippen molar-refractivity contribution in [2.24, 2.45) is 5.92 Å². The summed E-state index contributed by atoms with van der Waals surface area (Å²) in [7, 11) is 0. The molecule has 2 atom stereocenters. The average Bonchev–Trinajstić information content (AvgIpc) is 2.49. The van der Waals surface area contributed by atoms with Crippen LogP contribution in [-0.2, 0) is 0 Å². The van der Waals surface area contributed by atoms with Crippen LogP contribution in [0, 0.1) is 5.92 Å². The molecule has 2 aliphatic heterocycles. The van der Waals surface area contributed by atoms with Crippen LogP contribution in [0.5, 0.6) is 0 Å². The fourth-order valence-corrected chi connectivity index (χ4v) is 2.69. The van der Waals surface area contributed by atoms with Crippen molar-refractivity contribution >= 4 is 0 Å². The van der Waals surface area contributed by atoms with Gasteiger partial charge in [0.05, 0.1) is 6.17 Å². The maximum absolute atomic E-state index is 3.62. The lowest BCUT2D eigenvalue weighted by Gasteiger charge is -2.40. The molecule has 70 valence electrons. The van der Waals surface area contributed by atoms with E-state index in [4.69, 9.17) is 0 Å². The Hall–Kier alpha value is -0.0800. The SMILES string of the molecule is CC(C)N1CCCC2CCNC21. The lowest BCUT2D eigenvalue weighted by atomic mass is 9.94. The van der Waals surface area contributed by atoms with Crippen LogP contribution in [0.25, 0.3) is 0 Å². The first-order valence-corrected chi connectivity index (χ1v) is 5.28. The van der Waals surface area contributed by atoms with Crippen LogP contribution >= 0.6 is 0 Å². The van der Waals surface area contributed by atoms with Gasteiger partial charge in [-0.25, -0.2) is 0 Å². The van der Waals surface area contributed by atoms with E-state index in [-0.39, 0.29) is 0 Å². The molecule has 2 unspecified atom stereocenters. The summed E-state index contributed by atoms with van der Waals surface area (Å²) in [5.41, 5.74) is 0. The van der Waals surface area contributed by atoms with E-state index >= 15 is 0 Å². The minimum atomic E-state index is 0.707. The summed E-state index contributed by atoms with van der Waals surface area (Å²) in [5.74, 6) is 0.946. The highest BCUT2D eigenvalue weighted by Gasteiger charge is 2.35. The molecule has 0 amide bonds. The van der Waals surface area contributed by atoms with Gasteiger partial charge >= 0.3 is 0 Å². The number of likely N-dealkylation sites (tertiary alicyclic amines) is 1. The van der Waals surface area contributed by atoms with Crippen LogP contribution in [0.2, 0.25) is 0 Å². The molecule has 0 radical (unpaired) electrons. The van der Waals surface area contributed by atoms with Gasteiger partial charge in [0.25, 0.3) is 0 Å². The van der Waals surface area contributed by atoms with Gasteiger partial charge in [0.15, 0.2) is 0 Å². The number of fused-ring (bicyclic) bond motifs is 1. The van der Waals surface area contributed by atoms with Crippen molar-refractivity contribution in [1.82, 2.24) is 10.2 Å². The second-order valence-corrected chi connectivity index (χ2v) is 4.42. The molecule has 2 fully saturated rings. The molecule has 0 aromatic carbocycles. The van der Waals surface area contributed by atoms with E-state index in [0.717, 1.165) is 5.92 Å². The quantitative estimate of drug-likeness (QED) is 0.637. The maximum atomic E-state index is 3.62. The van der Waals surface area contributed by atoms with Gasteiger partial charge in [0.1, 0.15) is 0 Å². The van der Waals surface area contributed by atoms with Crippen molar-refractivity contribution in [1.29, 1.82) is 0 Å². The highest BCUT2D eigenvalue weighted by Crippen LogP contribution is 2.29. The van der Waals surface area contributed by atoms with Crippen LogP contribution < -0.4 is 5.32 Å². The zero-order valence-electron chi connectivity index (χ0n) is 8.21. The molecule has 0 bridgehead atoms. The van der Waals surface area contributed by atoms with Gasteiger partial charge in [-0.3, -0.25) is 4.90 Å². The lowest BCUT2D eigenvalue weighted by molar-refractivity contribution is 0.0695. The van der Waals surface area contributed by atoms with E-state index < -0.39 is 0 Å². The van der Waals surface area contributed by atoms with E-state index in [1.807, 2.05) is 0 Å². The fraction of sp³-hybridized carbons (Fsp3) is 1.00. The first-order chi connectivity index (χ1) is 5.79. The summed E-state index contributed by atoms with van der Waals surface area (Å²) in [5, 5.41) is 3.62. The third-order valence-corrected chi connectivity index (χ3v) is 3.33. The standard InChI is InChI=1S/C10H20N2/c1-8(2)12-7-3-4-9-5-6-11-10(9)12/h8-11H,3-7H2,1-2H3. The van der Waals surface area contributed by atoms with E-state index in [1.165, 1.54) is 32.4 Å². The second-order valence-electron chi connectivity index (χ2n) is 4.42. The van der Waals surface area contributed by atoms with Gasteiger partial charge in [-0.2, -0.15) is 0 Å². The Bertz CT molecular complexity index is 156. The minimum Gasteiger partial charge on any atom is -0.301 e. The molecule has 1 N–H and O–H groups in total. The normalized spacial score (nSPS) is 37.2. The molecule has 2 heteroatoms. The number of rotatable bonds is 1. The molecule has 12 heavy (non-hydrogen) atoms. The monoisotopic (exact) mass is 168 g/mol. The van der Waals surface area contributed by atoms with E-state index in [0.29, 0.717) is 12.2 Å². The van der Waals surface area contributed by atoms with Gasteiger partial charge < -0.3 is 5.32 Å². The van der Waals surface area contributed by atoms with Crippen LogP contribution in [-0.4, -0.2) is 30.2 Å². The average molecular weight is 168 g/mol. The zero-order valence-corrected chi connectivity index (χ0v) is 8.21. The van der Waals surface area contributed by atoms with Crippen molar-refractivity contribution in [3.8, 4) is 0 Å². The summed E-state index contributed by atoms with van der Waals surface area (Å²) in [6.07, 6.45) is 4.95. The van der Waals surface area contributed by atoms with Crippen LogP contribution in [0.4, 0.5) is 0 Å². The summed E-state index contributed by atoms with van der Waals surface area (Å²) in [6.45, 7) is 7.15. The zero-order chi connectivity index (χ0) is 8.55. The largest absolute Gasteiger partial charge is 0.301 e. The predicted molar refractivity (Wildman–Crippen MR) is 51.0 cm³/mol. The second kappa shape index (κ2) is 3.35. The lowest BCUT2D eigenvalue weighted by Crippen LogP contribution is -2.51. The molecule has 2 heterocycles. The Morgan fingerprint density at radius 2 is 2.17 bits per heavy atom. The maximum Gasteiger partial charge on any atom is 0.0628 e. The predicted octanol–water partition coefficient (Wildman–Crippen LogP) is 1.43. The highest BCUT2D eigenvalue weighted by atomic mass is 15.3. The smallest absolute Gasteiger partial charge is 0.0628 e. The number of piperidine rings is 1. The van der Waals surface area contributed by atoms with Crippen molar-refractivity contribution < 1.29 is 0 Å². The third-order valence-electron chi connectivity index (χ3n) is 3.33. The Morgan fingerprint density at radius 1 is 1.33 bits per heavy atom. The summed E-state index contributed by atoms with van der Waals surface area (Å²) >= 11 is 0. The van der Waals surface area contributed by atoms with E-state index in [1.54, 1.807) is 0 Å². The highest BCUT2D eigenvalue weighted by molar-refractivity contribution is 4.89. The first-order valence-electron chi connectivity index (χ1n) is 5.28. The number of hydrogen-bond donors (Lipinski definition) is 1. The Morgan fingerprint density at radius 3 is 2.92 bits per heavy atom. The van der Waals surface area contributed by atoms with Gasteiger partial charge in [0.2, 0.25) is 0 Å². The number of nitrogens with zero attached hydrogens (tertiary/aromatic N) is 1. The minimum absolute atomic E-state index is 0.707.